The molecule has 3 unspecified atom stereocenters. The van der Waals surface area contributed by atoms with Gasteiger partial charge in [-0.1, -0.05) is 64.5 Å². The van der Waals surface area contributed by atoms with Crippen molar-refractivity contribution in [1.82, 2.24) is 9.88 Å². The molecule has 0 radical (unpaired) electrons. The summed E-state index contributed by atoms with van der Waals surface area (Å²) >= 11 is 1.84. The zero-order chi connectivity index (χ0) is 30.6. The van der Waals surface area contributed by atoms with Crippen LogP contribution in [0.15, 0.2) is 11.6 Å². The number of aryl methyl sites for hydroxylation is 1. The number of aliphatic carboxylic acids is 1. The van der Waals surface area contributed by atoms with Crippen molar-refractivity contribution in [2.24, 2.45) is 57.7 Å². The Hall–Kier alpha value is -1.57. The Kier molecular flexibility index (Phi) is 7.09. The van der Waals surface area contributed by atoms with Crippen LogP contribution in [0.25, 0.3) is 0 Å². The normalized spacial score (nSPS) is 44.8. The predicted octanol–water partition coefficient (Wildman–Crippen LogP) is 7.09. The number of carboxylic acids is 1. The first kappa shape index (κ1) is 29.8. The van der Waals surface area contributed by atoms with E-state index in [1.807, 2.05) is 11.3 Å². The van der Waals surface area contributed by atoms with Gasteiger partial charge in [0.2, 0.25) is 0 Å². The third kappa shape index (κ3) is 3.81. The quantitative estimate of drug-likeness (QED) is 0.247. The second-order valence-corrected chi connectivity index (χ2v) is 17.8. The summed E-state index contributed by atoms with van der Waals surface area (Å²) in [5, 5.41) is 12.7. The average Bonchev–Trinajstić information content (AvgIpc) is 3.83. The summed E-state index contributed by atoms with van der Waals surface area (Å²) in [5.74, 6) is 1.77. The molecule has 3 heterocycles. The van der Waals surface area contributed by atoms with Gasteiger partial charge in [0.25, 0.3) is 0 Å². The number of hydrogen-bond donors (Lipinski definition) is 1. The van der Waals surface area contributed by atoms with Gasteiger partial charge in [-0.2, -0.15) is 0 Å². The second kappa shape index (κ2) is 10.5. The Morgan fingerprint density at radius 3 is 2.75 bits per heavy atom. The third-order valence-electron chi connectivity index (χ3n) is 14.4. The van der Waals surface area contributed by atoms with Gasteiger partial charge in [-0.3, -0.25) is 9.69 Å². The molecule has 0 amide bonds. The maximum absolute atomic E-state index is 14.1. The van der Waals surface area contributed by atoms with Crippen LogP contribution in [-0.2, 0) is 27.3 Å². The van der Waals surface area contributed by atoms with Crippen molar-refractivity contribution in [3.05, 3.63) is 27.2 Å². The largest absolute Gasteiger partial charge is 0.481 e. The fourth-order valence-electron chi connectivity index (χ4n) is 12.9. The molecule has 7 aliphatic rings. The summed E-state index contributed by atoms with van der Waals surface area (Å²) in [6.45, 7) is 11.7. The lowest BCUT2D eigenvalue weighted by Gasteiger charge is -2.60. The van der Waals surface area contributed by atoms with E-state index in [0.29, 0.717) is 24.2 Å². The van der Waals surface area contributed by atoms with Gasteiger partial charge in [0.15, 0.2) is 0 Å². The van der Waals surface area contributed by atoms with E-state index in [2.05, 4.69) is 38.7 Å². The minimum Gasteiger partial charge on any atom is -0.481 e. The topological polar surface area (TPSA) is 79.7 Å². The lowest BCUT2D eigenvalue weighted by Crippen LogP contribution is -2.65. The maximum Gasteiger partial charge on any atom is 0.315 e. The number of rotatable bonds is 8. The number of nitrogens with zero attached hydrogens (tertiary/aromatic N) is 2. The van der Waals surface area contributed by atoms with Crippen molar-refractivity contribution in [3.8, 4) is 0 Å². The lowest BCUT2D eigenvalue weighted by atomic mass is 9.41. The summed E-state index contributed by atoms with van der Waals surface area (Å²) in [4.78, 5) is 36.5. The van der Waals surface area contributed by atoms with E-state index in [4.69, 9.17) is 9.72 Å². The predicted molar refractivity (Wildman–Crippen MR) is 171 cm³/mol. The van der Waals surface area contributed by atoms with Crippen LogP contribution in [-0.4, -0.2) is 52.5 Å². The minimum atomic E-state index is -1.15. The summed E-state index contributed by atoms with van der Waals surface area (Å²) in [5.41, 5.74) is -0.188. The Labute approximate surface area is 267 Å². The summed E-state index contributed by atoms with van der Waals surface area (Å²) in [6.07, 6.45) is 15.7. The van der Waals surface area contributed by atoms with Crippen molar-refractivity contribution in [3.63, 3.8) is 0 Å². The molecule has 8 rings (SSSR count). The first-order chi connectivity index (χ1) is 21.1. The Balaban J connectivity index is 1.18. The number of aromatic nitrogens is 1. The second-order valence-electron chi connectivity index (χ2n) is 16.5. The number of carbonyl (C=O) groups is 2. The molecular weight excluding hydrogens is 568 g/mol. The first-order valence-electron chi connectivity index (χ1n) is 17.9. The number of allylic oxidation sites excluding steroid dienone is 1. The number of thiazole rings is 1. The van der Waals surface area contributed by atoms with Gasteiger partial charge >= 0.3 is 5.97 Å². The van der Waals surface area contributed by atoms with Gasteiger partial charge < -0.3 is 14.6 Å². The SMILES string of the molecule is Cc1nc2c(s1)CN(C[C@@H]1O[C@@H](C34C[C@@H]5[C@H](C)CC[C@H]5C5(C=O)CC3C=C(C(C)C)[C@]54C(=O)O)C[C@H]1CC1CCCC1)CC2. The van der Waals surface area contributed by atoms with Crippen LogP contribution in [0.1, 0.15) is 101 Å². The monoisotopic (exact) mass is 620 g/mol. The van der Waals surface area contributed by atoms with Crippen molar-refractivity contribution < 1.29 is 19.4 Å². The van der Waals surface area contributed by atoms with E-state index >= 15 is 0 Å². The van der Waals surface area contributed by atoms with Gasteiger partial charge in [0.05, 0.1) is 28.3 Å². The first-order valence-corrected chi connectivity index (χ1v) is 18.7. The number of fused-ring (bicyclic) bond motifs is 3. The fourth-order valence-corrected chi connectivity index (χ4v) is 13.9. The van der Waals surface area contributed by atoms with Gasteiger partial charge in [0.1, 0.15) is 11.7 Å². The molecule has 0 spiro atoms. The van der Waals surface area contributed by atoms with Crippen molar-refractivity contribution in [2.45, 2.75) is 117 Å². The van der Waals surface area contributed by atoms with Gasteiger partial charge in [-0.25, -0.2) is 4.98 Å². The Bertz CT molecular complexity index is 1360. The number of aldehydes is 1. The van der Waals surface area contributed by atoms with Crippen LogP contribution < -0.4 is 0 Å². The fraction of sp³-hybridized carbons (Fsp3) is 0.811. The van der Waals surface area contributed by atoms with Gasteiger partial charge in [-0.05, 0) is 80.5 Å². The molecule has 1 saturated heterocycles. The van der Waals surface area contributed by atoms with Crippen LogP contribution in [0.4, 0.5) is 0 Å². The molecule has 5 fully saturated rings. The highest BCUT2D eigenvalue weighted by molar-refractivity contribution is 7.11. The van der Waals surface area contributed by atoms with Crippen LogP contribution in [0, 0.1) is 64.6 Å². The van der Waals surface area contributed by atoms with Crippen LogP contribution in [0.5, 0.6) is 0 Å². The summed E-state index contributed by atoms with van der Waals surface area (Å²) in [7, 11) is 0. The molecule has 4 bridgehead atoms. The smallest absolute Gasteiger partial charge is 0.315 e. The maximum atomic E-state index is 14.1. The zero-order valence-electron chi connectivity index (χ0n) is 27.2. The standard InChI is InChI=1S/C37H52N2O4S/c1-21(2)29-15-26-16-35(20-40)28-10-9-22(3)27(28)17-36(26,37(29,35)34(41)42)33-14-25(13-24-7-5-6-8-24)31(43-33)18-39-12-11-30-32(19-39)44-23(4)38-30/h15,20-22,24-28,31,33H,5-14,16-19H2,1-4H3,(H,41,42)/t22-,25-,26?,27-,28-,31+,33-,35?,36?,37+/m1/s1. The third-order valence-corrected chi connectivity index (χ3v) is 15.4. The Morgan fingerprint density at radius 1 is 1.23 bits per heavy atom. The molecule has 6 nitrogen and oxygen atoms in total. The van der Waals surface area contributed by atoms with E-state index in [1.54, 1.807) is 0 Å². The van der Waals surface area contributed by atoms with Crippen molar-refractivity contribution >= 4 is 23.6 Å². The van der Waals surface area contributed by atoms with E-state index in [9.17, 15) is 14.7 Å². The number of hydrogen-bond acceptors (Lipinski definition) is 6. The highest BCUT2D eigenvalue weighted by Crippen LogP contribution is 2.84. The van der Waals surface area contributed by atoms with Crippen molar-refractivity contribution in [1.29, 1.82) is 0 Å². The molecule has 1 aromatic rings. The molecule has 44 heavy (non-hydrogen) atoms. The lowest BCUT2D eigenvalue weighted by molar-refractivity contribution is -0.197. The van der Waals surface area contributed by atoms with Gasteiger partial charge in [-0.15, -0.1) is 11.3 Å². The van der Waals surface area contributed by atoms with Crippen LogP contribution in [0.2, 0.25) is 0 Å². The number of carboxylic acid groups (broad SMARTS) is 1. The molecule has 240 valence electrons. The molecule has 4 saturated carbocycles. The minimum absolute atomic E-state index is 0.0994. The number of carbonyl (C=O) groups excluding carboxylic acids is 1. The van der Waals surface area contributed by atoms with Crippen LogP contribution in [0.3, 0.4) is 0 Å². The molecule has 7 heteroatoms. The summed E-state index contributed by atoms with van der Waals surface area (Å²) < 4.78 is 7.43. The molecule has 10 atom stereocenters. The van der Waals surface area contributed by atoms with Gasteiger partial charge in [0, 0.05) is 36.3 Å². The van der Waals surface area contributed by atoms with E-state index in [-0.39, 0.29) is 30.0 Å². The van der Waals surface area contributed by atoms with E-state index in [0.717, 1.165) is 68.2 Å². The molecule has 1 N–H and O–H groups in total. The van der Waals surface area contributed by atoms with Crippen LogP contribution >= 0.6 is 11.3 Å². The molecule has 5 aliphatic carbocycles. The van der Waals surface area contributed by atoms with E-state index in [1.165, 1.54) is 49.0 Å². The Morgan fingerprint density at radius 2 is 2.02 bits per heavy atom. The highest BCUT2D eigenvalue weighted by Gasteiger charge is 2.86. The van der Waals surface area contributed by atoms with Crippen molar-refractivity contribution in [2.75, 3.05) is 13.1 Å². The molecule has 2 aliphatic heterocycles. The molecule has 1 aromatic heterocycles. The average molecular weight is 621 g/mol. The molecular formula is C37H52N2O4S. The highest BCUT2D eigenvalue weighted by atomic mass is 32.1. The zero-order valence-corrected chi connectivity index (χ0v) is 28.0. The number of ether oxygens (including phenoxy) is 1. The molecule has 0 aromatic carbocycles. The van der Waals surface area contributed by atoms with E-state index < -0.39 is 22.2 Å². The summed E-state index contributed by atoms with van der Waals surface area (Å²) in [6, 6.07) is 0.